The first-order valence-electron chi connectivity index (χ1n) is 12.2. The van der Waals surface area contributed by atoms with E-state index in [1.54, 1.807) is 0 Å². The molecule has 2 aromatic carbocycles. The Morgan fingerprint density at radius 1 is 1.22 bits per heavy atom. The summed E-state index contributed by atoms with van der Waals surface area (Å²) in [7, 11) is 0. The Balaban J connectivity index is 1.83. The average molecular weight is 558 g/mol. The van der Waals surface area contributed by atoms with Crippen molar-refractivity contribution in [1.82, 2.24) is 10.6 Å². The molecule has 2 fully saturated rings. The molecule has 37 heavy (non-hydrogen) atoms. The topological polar surface area (TPSA) is 128 Å². The summed E-state index contributed by atoms with van der Waals surface area (Å²) in [5.74, 6) is -3.09. The smallest absolute Gasteiger partial charge is 0.237 e. The molecule has 1 saturated heterocycles. The van der Waals surface area contributed by atoms with Gasteiger partial charge in [-0.25, -0.2) is 8.78 Å². The summed E-state index contributed by atoms with van der Waals surface area (Å²) in [5.41, 5.74) is 5.14. The number of aliphatic hydroxyl groups is 3. The zero-order valence-corrected chi connectivity index (χ0v) is 21.6. The molecule has 1 heterocycles. The molecule has 0 aromatic heterocycles. The van der Waals surface area contributed by atoms with Crippen molar-refractivity contribution in [3.63, 3.8) is 0 Å². The van der Waals surface area contributed by atoms with Crippen LogP contribution in [0, 0.1) is 17.0 Å². The fourth-order valence-corrected chi connectivity index (χ4v) is 5.73. The predicted octanol–water partition coefficient (Wildman–Crippen LogP) is 2.57. The van der Waals surface area contributed by atoms with Crippen LogP contribution in [0.25, 0.3) is 0 Å². The standard InChI is InChI=1S/C26H31Cl2F2N3O4/c27-14-4-5-17(19(29)10-14)26(31)20(11-25(13-35)7-8-25)33-23(24(37)32-9-6-15(36)12-34)21(26)16-2-1-3-18(28)22(16)30/h1-5,10,15,20-21,23,33-36H,6-9,11-13,31H2,(H,32,37). The Labute approximate surface area is 224 Å². The molecule has 7 nitrogen and oxygen atoms in total. The second kappa shape index (κ2) is 11.1. The van der Waals surface area contributed by atoms with E-state index in [4.69, 9.17) is 34.0 Å². The summed E-state index contributed by atoms with van der Waals surface area (Å²) in [4.78, 5) is 13.5. The van der Waals surface area contributed by atoms with Crippen LogP contribution >= 0.6 is 23.2 Å². The fraction of sp³-hybridized carbons (Fsp3) is 0.500. The lowest BCUT2D eigenvalue weighted by Crippen LogP contribution is -2.52. The zero-order chi connectivity index (χ0) is 27.0. The van der Waals surface area contributed by atoms with Gasteiger partial charge < -0.3 is 31.7 Å². The maximum atomic E-state index is 15.5. The van der Waals surface area contributed by atoms with Crippen LogP contribution in [0.15, 0.2) is 36.4 Å². The van der Waals surface area contributed by atoms with Gasteiger partial charge in [0.15, 0.2) is 0 Å². The molecule has 1 aliphatic carbocycles. The lowest BCUT2D eigenvalue weighted by molar-refractivity contribution is -0.123. The van der Waals surface area contributed by atoms with E-state index in [9.17, 15) is 15.0 Å². The Bertz CT molecular complexity index is 1150. The van der Waals surface area contributed by atoms with Gasteiger partial charge >= 0.3 is 0 Å². The molecule has 1 saturated carbocycles. The number of rotatable bonds is 10. The second-order valence-corrected chi connectivity index (χ2v) is 11.0. The minimum atomic E-state index is -1.63. The molecular formula is C26H31Cl2F2N3O4. The van der Waals surface area contributed by atoms with Crippen molar-refractivity contribution in [1.29, 1.82) is 0 Å². The van der Waals surface area contributed by atoms with Crippen LogP contribution in [0.3, 0.4) is 0 Å². The van der Waals surface area contributed by atoms with Crippen LogP contribution in [0.5, 0.6) is 0 Å². The van der Waals surface area contributed by atoms with Crippen LogP contribution in [0.1, 0.15) is 42.7 Å². The highest BCUT2D eigenvalue weighted by atomic mass is 35.5. The fourth-order valence-electron chi connectivity index (χ4n) is 5.39. The number of hydrogen-bond donors (Lipinski definition) is 6. The van der Waals surface area contributed by atoms with E-state index >= 15 is 8.78 Å². The highest BCUT2D eigenvalue weighted by Crippen LogP contribution is 2.55. The minimum absolute atomic E-state index is 0.0433. The number of carbonyl (C=O) groups excluding carboxylic acids is 1. The van der Waals surface area contributed by atoms with E-state index in [0.29, 0.717) is 6.42 Å². The highest BCUT2D eigenvalue weighted by molar-refractivity contribution is 6.31. The van der Waals surface area contributed by atoms with Crippen molar-refractivity contribution >= 4 is 29.1 Å². The summed E-state index contributed by atoms with van der Waals surface area (Å²) >= 11 is 12.1. The maximum absolute atomic E-state index is 15.5. The van der Waals surface area contributed by atoms with Gasteiger partial charge in [0.25, 0.3) is 0 Å². The third-order valence-electron chi connectivity index (χ3n) is 7.72. The molecule has 2 aromatic rings. The molecular weight excluding hydrogens is 527 g/mol. The van der Waals surface area contributed by atoms with Gasteiger partial charge in [0.2, 0.25) is 5.91 Å². The molecule has 11 heteroatoms. The van der Waals surface area contributed by atoms with E-state index in [1.807, 2.05) is 0 Å². The molecule has 202 valence electrons. The lowest BCUT2D eigenvalue weighted by Gasteiger charge is -2.39. The quantitative estimate of drug-likeness (QED) is 0.266. The van der Waals surface area contributed by atoms with Crippen molar-refractivity contribution in [2.45, 2.75) is 55.3 Å². The Kier molecular flexibility index (Phi) is 8.45. The number of benzene rings is 2. The van der Waals surface area contributed by atoms with Gasteiger partial charge in [0.1, 0.15) is 11.6 Å². The molecule has 5 atom stereocenters. The number of hydrogen-bond acceptors (Lipinski definition) is 6. The largest absolute Gasteiger partial charge is 0.396 e. The van der Waals surface area contributed by atoms with Gasteiger partial charge in [0, 0.05) is 35.7 Å². The summed E-state index contributed by atoms with van der Waals surface area (Å²) in [6.07, 6.45) is 0.900. The normalized spacial score (nSPS) is 27.2. The van der Waals surface area contributed by atoms with Crippen molar-refractivity contribution in [2.24, 2.45) is 11.1 Å². The molecule has 5 unspecified atom stereocenters. The molecule has 0 radical (unpaired) electrons. The molecule has 0 bridgehead atoms. The first-order valence-corrected chi connectivity index (χ1v) is 12.9. The molecule has 7 N–H and O–H groups in total. The SMILES string of the molecule is NC1(c2ccc(Cl)cc2F)C(CC2(CO)CC2)NC(C(=O)NCCC(O)CO)C1c1cccc(Cl)c1F. The van der Waals surface area contributed by atoms with Gasteiger partial charge in [-0.15, -0.1) is 0 Å². The maximum Gasteiger partial charge on any atom is 0.237 e. The van der Waals surface area contributed by atoms with Crippen LogP contribution < -0.4 is 16.4 Å². The molecule has 4 rings (SSSR count). The number of nitrogens with two attached hydrogens (primary N) is 1. The number of halogens is 4. The monoisotopic (exact) mass is 557 g/mol. The van der Waals surface area contributed by atoms with Crippen molar-refractivity contribution in [2.75, 3.05) is 19.8 Å². The van der Waals surface area contributed by atoms with Gasteiger partial charge in [-0.05, 0) is 54.9 Å². The molecule has 1 aliphatic heterocycles. The van der Waals surface area contributed by atoms with E-state index in [-0.39, 0.29) is 40.7 Å². The van der Waals surface area contributed by atoms with Crippen molar-refractivity contribution < 1.29 is 28.9 Å². The number of amides is 1. The lowest BCUT2D eigenvalue weighted by atomic mass is 9.69. The summed E-state index contributed by atoms with van der Waals surface area (Å²) < 4.78 is 31.0. The third kappa shape index (κ3) is 5.49. The van der Waals surface area contributed by atoms with E-state index in [0.717, 1.165) is 18.9 Å². The predicted molar refractivity (Wildman–Crippen MR) is 136 cm³/mol. The highest BCUT2D eigenvalue weighted by Gasteiger charge is 2.60. The van der Waals surface area contributed by atoms with E-state index in [2.05, 4.69) is 10.6 Å². The molecule has 0 spiro atoms. The number of carbonyl (C=O) groups is 1. The zero-order valence-electron chi connectivity index (χ0n) is 20.1. The second-order valence-electron chi connectivity index (χ2n) is 10.2. The molecule has 2 aliphatic rings. The van der Waals surface area contributed by atoms with Crippen LogP contribution in [-0.2, 0) is 10.3 Å². The van der Waals surface area contributed by atoms with Crippen molar-refractivity contribution in [3.05, 3.63) is 69.2 Å². The first-order chi connectivity index (χ1) is 17.6. The van der Waals surface area contributed by atoms with Crippen molar-refractivity contribution in [3.8, 4) is 0 Å². The van der Waals surface area contributed by atoms with Gasteiger partial charge in [-0.3, -0.25) is 4.79 Å². The minimum Gasteiger partial charge on any atom is -0.396 e. The Hall–Kier alpha value is -1.85. The third-order valence-corrected chi connectivity index (χ3v) is 8.25. The average Bonchev–Trinajstić information content (AvgIpc) is 3.58. The van der Waals surface area contributed by atoms with Crippen LogP contribution in [-0.4, -0.2) is 59.2 Å². The summed E-state index contributed by atoms with van der Waals surface area (Å²) in [6, 6.07) is 6.61. The first kappa shape index (κ1) is 28.2. The van der Waals surface area contributed by atoms with Gasteiger partial charge in [-0.1, -0.05) is 41.4 Å². The van der Waals surface area contributed by atoms with Gasteiger partial charge in [0.05, 0.1) is 29.3 Å². The Morgan fingerprint density at radius 2 is 1.95 bits per heavy atom. The van der Waals surface area contributed by atoms with Gasteiger partial charge in [-0.2, -0.15) is 0 Å². The number of aliphatic hydroxyl groups excluding tert-OH is 3. The summed E-state index contributed by atoms with van der Waals surface area (Å²) in [6.45, 7) is -0.515. The van der Waals surface area contributed by atoms with Crippen LogP contribution in [0.2, 0.25) is 10.0 Å². The molecule has 1 amide bonds. The van der Waals surface area contributed by atoms with Crippen LogP contribution in [0.4, 0.5) is 8.78 Å². The number of nitrogens with one attached hydrogen (secondary N) is 2. The summed E-state index contributed by atoms with van der Waals surface area (Å²) in [5, 5.41) is 34.6. The van der Waals surface area contributed by atoms with E-state index in [1.165, 1.54) is 30.3 Å². The van der Waals surface area contributed by atoms with E-state index < -0.39 is 59.2 Å². The Morgan fingerprint density at radius 3 is 2.57 bits per heavy atom.